The van der Waals surface area contributed by atoms with Crippen LogP contribution in [0.2, 0.25) is 0 Å². The predicted molar refractivity (Wildman–Crippen MR) is 91.9 cm³/mol. The Labute approximate surface area is 139 Å². The van der Waals surface area contributed by atoms with E-state index in [9.17, 15) is 4.79 Å². The molecular weight excluding hydrogens is 304 g/mol. The van der Waals surface area contributed by atoms with Crippen LogP contribution in [0.15, 0.2) is 0 Å². The highest BCUT2D eigenvalue weighted by atomic mass is 35.5. The number of hydrogen-bond acceptors (Lipinski definition) is 3. The zero-order valence-corrected chi connectivity index (χ0v) is 14.8. The van der Waals surface area contributed by atoms with Crippen molar-refractivity contribution in [2.75, 3.05) is 18.8 Å². The van der Waals surface area contributed by atoms with Crippen LogP contribution < -0.4 is 5.73 Å². The van der Waals surface area contributed by atoms with E-state index in [1.807, 2.05) is 11.8 Å². The van der Waals surface area contributed by atoms with E-state index in [2.05, 4.69) is 18.7 Å². The molecule has 2 bridgehead atoms. The molecule has 122 valence electrons. The van der Waals surface area contributed by atoms with Gasteiger partial charge in [0.25, 0.3) is 0 Å². The third kappa shape index (κ3) is 3.70. The summed E-state index contributed by atoms with van der Waals surface area (Å²) in [4.78, 5) is 15.0. The lowest BCUT2D eigenvalue weighted by molar-refractivity contribution is -0.138. The van der Waals surface area contributed by atoms with Crippen molar-refractivity contribution in [1.82, 2.24) is 4.90 Å². The summed E-state index contributed by atoms with van der Waals surface area (Å²) >= 11 is 1.99. The van der Waals surface area contributed by atoms with Crippen LogP contribution >= 0.6 is 24.2 Å². The summed E-state index contributed by atoms with van der Waals surface area (Å²) in [6.07, 6.45) is 5.88. The van der Waals surface area contributed by atoms with E-state index in [4.69, 9.17) is 5.73 Å². The van der Waals surface area contributed by atoms with Crippen molar-refractivity contribution >= 4 is 30.1 Å². The van der Waals surface area contributed by atoms with Crippen LogP contribution in [0.3, 0.4) is 0 Å². The van der Waals surface area contributed by atoms with E-state index in [-0.39, 0.29) is 23.1 Å². The molecule has 3 aliphatic rings. The first kappa shape index (κ1) is 17.4. The van der Waals surface area contributed by atoms with Gasteiger partial charge in [-0.15, -0.1) is 12.4 Å². The fourth-order valence-electron chi connectivity index (χ4n) is 4.45. The minimum Gasteiger partial charge on any atom is -0.340 e. The summed E-state index contributed by atoms with van der Waals surface area (Å²) in [5, 5.41) is 0. The molecule has 1 heterocycles. The van der Waals surface area contributed by atoms with Crippen molar-refractivity contribution in [2.45, 2.75) is 56.7 Å². The summed E-state index contributed by atoms with van der Waals surface area (Å²) in [6, 6.07) is 0.362. The zero-order chi connectivity index (χ0) is 14.3. The van der Waals surface area contributed by atoms with Crippen LogP contribution in [0.1, 0.15) is 46.0 Å². The standard InChI is InChI=1S/C16H28N2OS.ClH/c1-16(2)10-18(6-7-20-16)15(19)13-8-11-4-3-5-12(9-13)14(11)17;/h11-14H,3-10,17H2,1-2H3;1H. The number of hydrogen-bond donors (Lipinski definition) is 1. The van der Waals surface area contributed by atoms with Gasteiger partial charge in [0.1, 0.15) is 0 Å². The van der Waals surface area contributed by atoms with Crippen molar-refractivity contribution in [3.8, 4) is 0 Å². The Morgan fingerprint density at radius 3 is 2.43 bits per heavy atom. The molecule has 1 saturated heterocycles. The number of thioether (sulfide) groups is 1. The van der Waals surface area contributed by atoms with Gasteiger partial charge in [-0.05, 0) is 51.4 Å². The van der Waals surface area contributed by atoms with Gasteiger partial charge in [-0.1, -0.05) is 6.42 Å². The maximum absolute atomic E-state index is 12.9. The zero-order valence-electron chi connectivity index (χ0n) is 13.2. The molecule has 0 aromatic carbocycles. The average molecular weight is 333 g/mol. The molecule has 3 fully saturated rings. The topological polar surface area (TPSA) is 46.3 Å². The Bertz CT molecular complexity index is 376. The number of carbonyl (C=O) groups is 1. The summed E-state index contributed by atoms with van der Waals surface area (Å²) < 4.78 is 0.217. The largest absolute Gasteiger partial charge is 0.340 e. The molecular formula is C16H29ClN2OS. The van der Waals surface area contributed by atoms with Gasteiger partial charge in [-0.25, -0.2) is 0 Å². The van der Waals surface area contributed by atoms with Crippen LogP contribution in [-0.2, 0) is 4.79 Å². The molecule has 1 amide bonds. The van der Waals surface area contributed by atoms with Crippen LogP contribution in [0.5, 0.6) is 0 Å². The van der Waals surface area contributed by atoms with E-state index >= 15 is 0 Å². The SMILES string of the molecule is CC1(C)CN(C(=O)C2CC3CCCC(C2)C3N)CCS1.Cl. The number of rotatable bonds is 1. The van der Waals surface area contributed by atoms with E-state index in [0.717, 1.165) is 31.7 Å². The molecule has 0 aromatic heterocycles. The lowest BCUT2D eigenvalue weighted by Crippen LogP contribution is -2.52. The fourth-order valence-corrected chi connectivity index (χ4v) is 5.56. The van der Waals surface area contributed by atoms with Crippen molar-refractivity contribution in [3.63, 3.8) is 0 Å². The monoisotopic (exact) mass is 332 g/mol. The van der Waals surface area contributed by atoms with Gasteiger partial charge in [-0.3, -0.25) is 4.79 Å². The number of nitrogens with zero attached hydrogens (tertiary/aromatic N) is 1. The molecule has 5 heteroatoms. The molecule has 2 saturated carbocycles. The van der Waals surface area contributed by atoms with Crippen LogP contribution in [0.4, 0.5) is 0 Å². The number of fused-ring (bicyclic) bond motifs is 2. The van der Waals surface area contributed by atoms with Crippen molar-refractivity contribution < 1.29 is 4.79 Å². The molecule has 2 N–H and O–H groups in total. The molecule has 2 unspecified atom stereocenters. The normalized spacial score (nSPS) is 38.5. The third-order valence-corrected chi connectivity index (χ3v) is 6.80. The summed E-state index contributed by atoms with van der Waals surface area (Å²) in [5.41, 5.74) is 6.34. The van der Waals surface area contributed by atoms with E-state index in [1.54, 1.807) is 0 Å². The Morgan fingerprint density at radius 1 is 1.24 bits per heavy atom. The second-order valence-corrected chi connectivity index (χ2v) is 9.37. The van der Waals surface area contributed by atoms with Crippen molar-refractivity contribution in [3.05, 3.63) is 0 Å². The lowest BCUT2D eigenvalue weighted by atomic mass is 9.65. The molecule has 2 atom stereocenters. The Hall–Kier alpha value is 0.0700. The van der Waals surface area contributed by atoms with Gasteiger partial charge in [0.05, 0.1) is 0 Å². The van der Waals surface area contributed by atoms with Gasteiger partial charge < -0.3 is 10.6 Å². The maximum Gasteiger partial charge on any atom is 0.225 e. The first-order chi connectivity index (χ1) is 9.46. The van der Waals surface area contributed by atoms with Crippen LogP contribution in [-0.4, -0.2) is 40.4 Å². The molecule has 1 aliphatic heterocycles. The Balaban J connectivity index is 0.00000161. The Kier molecular flexibility index (Phi) is 5.54. The minimum atomic E-state index is 0. The highest BCUT2D eigenvalue weighted by Gasteiger charge is 2.42. The first-order valence-corrected chi connectivity index (χ1v) is 9.13. The second kappa shape index (κ2) is 6.67. The smallest absolute Gasteiger partial charge is 0.225 e. The van der Waals surface area contributed by atoms with Gasteiger partial charge >= 0.3 is 0 Å². The number of carbonyl (C=O) groups excluding carboxylic acids is 1. The van der Waals surface area contributed by atoms with Gasteiger partial charge in [0.15, 0.2) is 0 Å². The van der Waals surface area contributed by atoms with Gasteiger partial charge in [-0.2, -0.15) is 11.8 Å². The molecule has 3 rings (SSSR count). The Morgan fingerprint density at radius 2 is 1.86 bits per heavy atom. The highest BCUT2D eigenvalue weighted by molar-refractivity contribution is 8.00. The van der Waals surface area contributed by atoms with E-state index < -0.39 is 0 Å². The van der Waals surface area contributed by atoms with Gasteiger partial charge in [0.2, 0.25) is 5.91 Å². The number of nitrogens with two attached hydrogens (primary N) is 1. The number of halogens is 1. The average Bonchev–Trinajstić information content (AvgIpc) is 2.36. The summed E-state index contributed by atoms with van der Waals surface area (Å²) in [5.74, 6) is 2.95. The van der Waals surface area contributed by atoms with Crippen molar-refractivity contribution in [1.29, 1.82) is 0 Å². The number of amides is 1. The molecule has 0 radical (unpaired) electrons. The maximum atomic E-state index is 12.9. The van der Waals surface area contributed by atoms with E-state index in [1.165, 1.54) is 19.3 Å². The molecule has 21 heavy (non-hydrogen) atoms. The molecule has 0 aromatic rings. The summed E-state index contributed by atoms with van der Waals surface area (Å²) in [7, 11) is 0. The third-order valence-electron chi connectivity index (χ3n) is 5.50. The van der Waals surface area contributed by atoms with E-state index in [0.29, 0.717) is 23.8 Å². The predicted octanol–water partition coefficient (Wildman–Crippen LogP) is 2.92. The van der Waals surface area contributed by atoms with Crippen LogP contribution in [0.25, 0.3) is 0 Å². The first-order valence-electron chi connectivity index (χ1n) is 8.14. The highest BCUT2D eigenvalue weighted by Crippen LogP contribution is 2.43. The minimum absolute atomic E-state index is 0. The molecule has 3 nitrogen and oxygen atoms in total. The molecule has 2 aliphatic carbocycles. The quantitative estimate of drug-likeness (QED) is 0.803. The van der Waals surface area contributed by atoms with Crippen LogP contribution in [0, 0.1) is 17.8 Å². The molecule has 0 spiro atoms. The van der Waals surface area contributed by atoms with Gasteiger partial charge in [0, 0.05) is 35.5 Å². The lowest BCUT2D eigenvalue weighted by Gasteiger charge is -2.46. The summed E-state index contributed by atoms with van der Waals surface area (Å²) in [6.45, 7) is 6.35. The fraction of sp³-hybridized carbons (Fsp3) is 0.938. The van der Waals surface area contributed by atoms with Crippen molar-refractivity contribution in [2.24, 2.45) is 23.5 Å². The second-order valence-electron chi connectivity index (χ2n) is 7.56.